The molecular formula is C14H21NO. The minimum Gasteiger partial charge on any atom is -0.380 e. The molecule has 1 N–H and O–H groups in total. The zero-order valence-corrected chi connectivity index (χ0v) is 10.3. The van der Waals surface area contributed by atoms with E-state index in [1.165, 1.54) is 5.56 Å². The first-order valence-electron chi connectivity index (χ1n) is 5.72. The molecule has 0 aliphatic rings. The molecule has 0 aliphatic carbocycles. The maximum Gasteiger partial charge on any atom is 0.0693 e. The van der Waals surface area contributed by atoms with E-state index in [2.05, 4.69) is 43.4 Å². The molecule has 0 aromatic heterocycles. The Bertz CT molecular complexity index is 308. The van der Waals surface area contributed by atoms with Gasteiger partial charge in [0.15, 0.2) is 0 Å². The van der Waals surface area contributed by atoms with Crippen molar-refractivity contribution >= 4 is 6.08 Å². The molecule has 0 fully saturated rings. The van der Waals surface area contributed by atoms with Gasteiger partial charge in [-0.1, -0.05) is 42.5 Å². The third kappa shape index (κ3) is 4.60. The summed E-state index contributed by atoms with van der Waals surface area (Å²) < 4.78 is 5.24. The van der Waals surface area contributed by atoms with Crippen molar-refractivity contribution in [2.45, 2.75) is 26.0 Å². The first kappa shape index (κ1) is 12.9. The number of benzene rings is 1. The van der Waals surface area contributed by atoms with Crippen LogP contribution in [0, 0.1) is 0 Å². The lowest BCUT2D eigenvalue weighted by Gasteiger charge is -2.18. The first-order chi connectivity index (χ1) is 7.74. The van der Waals surface area contributed by atoms with Gasteiger partial charge in [0.1, 0.15) is 0 Å². The zero-order valence-electron chi connectivity index (χ0n) is 10.3. The predicted octanol–water partition coefficient (Wildman–Crippen LogP) is 2.71. The smallest absolute Gasteiger partial charge is 0.0693 e. The van der Waals surface area contributed by atoms with Crippen molar-refractivity contribution in [2.24, 2.45) is 0 Å². The molecule has 1 aromatic carbocycles. The molecular weight excluding hydrogens is 198 g/mol. The minimum absolute atomic E-state index is 0.241. The van der Waals surface area contributed by atoms with Crippen molar-refractivity contribution in [3.05, 3.63) is 42.0 Å². The van der Waals surface area contributed by atoms with Crippen molar-refractivity contribution in [1.29, 1.82) is 0 Å². The van der Waals surface area contributed by atoms with Crippen molar-refractivity contribution in [3.63, 3.8) is 0 Å². The van der Waals surface area contributed by atoms with Gasteiger partial charge in [0.05, 0.1) is 6.10 Å². The summed E-state index contributed by atoms with van der Waals surface area (Å²) in [6, 6.07) is 10.7. The highest BCUT2D eigenvalue weighted by Crippen LogP contribution is 2.00. The monoisotopic (exact) mass is 219 g/mol. The fraction of sp³-hybridized carbons (Fsp3) is 0.429. The third-order valence-electron chi connectivity index (χ3n) is 2.74. The van der Waals surface area contributed by atoms with Gasteiger partial charge in [-0.3, -0.25) is 0 Å². The molecule has 2 unspecified atom stereocenters. The van der Waals surface area contributed by atoms with Crippen LogP contribution in [-0.4, -0.2) is 25.8 Å². The average molecular weight is 219 g/mol. The Hall–Kier alpha value is -1.12. The van der Waals surface area contributed by atoms with E-state index in [9.17, 15) is 0 Å². The molecule has 0 aliphatic heterocycles. The molecule has 0 heterocycles. The summed E-state index contributed by atoms with van der Waals surface area (Å²) in [6.07, 6.45) is 4.50. The fourth-order valence-electron chi connectivity index (χ4n) is 1.38. The van der Waals surface area contributed by atoms with Crippen LogP contribution in [0.25, 0.3) is 6.08 Å². The molecule has 0 saturated heterocycles. The van der Waals surface area contributed by atoms with Gasteiger partial charge >= 0.3 is 0 Å². The topological polar surface area (TPSA) is 21.3 Å². The Morgan fingerprint density at radius 1 is 1.25 bits per heavy atom. The Morgan fingerprint density at radius 2 is 1.94 bits per heavy atom. The highest BCUT2D eigenvalue weighted by atomic mass is 16.5. The Balaban J connectivity index is 2.28. The average Bonchev–Trinajstić information content (AvgIpc) is 2.34. The minimum atomic E-state index is 0.241. The highest BCUT2D eigenvalue weighted by Gasteiger charge is 2.08. The SMILES string of the molecule is COC(C)C(C)NC/C=C/c1ccccc1. The van der Waals surface area contributed by atoms with Crippen molar-refractivity contribution < 1.29 is 4.74 Å². The van der Waals surface area contributed by atoms with Crippen LogP contribution in [0.15, 0.2) is 36.4 Å². The van der Waals surface area contributed by atoms with Crippen LogP contribution in [0.1, 0.15) is 19.4 Å². The number of hydrogen-bond acceptors (Lipinski definition) is 2. The summed E-state index contributed by atoms with van der Waals surface area (Å²) in [5, 5.41) is 3.39. The molecule has 0 bridgehead atoms. The number of hydrogen-bond donors (Lipinski definition) is 1. The lowest BCUT2D eigenvalue weighted by molar-refractivity contribution is 0.0900. The van der Waals surface area contributed by atoms with Crippen molar-refractivity contribution in [1.82, 2.24) is 5.32 Å². The van der Waals surface area contributed by atoms with Crippen LogP contribution < -0.4 is 5.32 Å². The summed E-state index contributed by atoms with van der Waals surface area (Å²) in [4.78, 5) is 0. The Labute approximate surface area is 98.3 Å². The third-order valence-corrected chi connectivity index (χ3v) is 2.74. The number of ether oxygens (including phenoxy) is 1. The van der Waals surface area contributed by atoms with Crippen LogP contribution in [0.5, 0.6) is 0 Å². The van der Waals surface area contributed by atoms with Crippen LogP contribution in [0.3, 0.4) is 0 Å². The summed E-state index contributed by atoms with van der Waals surface area (Å²) >= 11 is 0. The molecule has 2 nitrogen and oxygen atoms in total. The first-order valence-corrected chi connectivity index (χ1v) is 5.72. The molecule has 0 radical (unpaired) electrons. The molecule has 88 valence electrons. The van der Waals surface area contributed by atoms with Crippen LogP contribution >= 0.6 is 0 Å². The zero-order chi connectivity index (χ0) is 11.8. The predicted molar refractivity (Wildman–Crippen MR) is 69.4 cm³/mol. The van der Waals surface area contributed by atoms with Crippen LogP contribution in [0.4, 0.5) is 0 Å². The van der Waals surface area contributed by atoms with Crippen LogP contribution in [-0.2, 0) is 4.74 Å². The Kier molecular flexibility index (Phi) is 5.83. The lowest BCUT2D eigenvalue weighted by atomic mass is 10.2. The van der Waals surface area contributed by atoms with E-state index in [1.54, 1.807) is 7.11 Å². The highest BCUT2D eigenvalue weighted by molar-refractivity contribution is 5.48. The van der Waals surface area contributed by atoms with Gasteiger partial charge in [-0.2, -0.15) is 0 Å². The maximum absolute atomic E-state index is 5.24. The molecule has 2 atom stereocenters. The lowest BCUT2D eigenvalue weighted by Crippen LogP contribution is -2.36. The van der Waals surface area contributed by atoms with Crippen molar-refractivity contribution in [3.8, 4) is 0 Å². The van der Waals surface area contributed by atoms with E-state index in [4.69, 9.17) is 4.74 Å². The largest absolute Gasteiger partial charge is 0.380 e. The van der Waals surface area contributed by atoms with Gasteiger partial charge in [-0.25, -0.2) is 0 Å². The van der Waals surface area contributed by atoms with Crippen LogP contribution in [0.2, 0.25) is 0 Å². The molecule has 0 saturated carbocycles. The van der Waals surface area contributed by atoms with Gasteiger partial charge < -0.3 is 10.1 Å². The summed E-state index contributed by atoms with van der Waals surface area (Å²) in [5.41, 5.74) is 1.23. The second-order valence-electron chi connectivity index (χ2n) is 3.95. The van der Waals surface area contributed by atoms with Crippen molar-refractivity contribution in [2.75, 3.05) is 13.7 Å². The quantitative estimate of drug-likeness (QED) is 0.794. The number of nitrogens with one attached hydrogen (secondary N) is 1. The molecule has 1 aromatic rings. The maximum atomic E-state index is 5.24. The number of methoxy groups -OCH3 is 1. The summed E-state index contributed by atoms with van der Waals surface area (Å²) in [5.74, 6) is 0. The van der Waals surface area contributed by atoms with E-state index in [0.717, 1.165) is 6.54 Å². The van der Waals surface area contributed by atoms with E-state index < -0.39 is 0 Å². The van der Waals surface area contributed by atoms with Gasteiger partial charge in [0, 0.05) is 19.7 Å². The van der Waals surface area contributed by atoms with Gasteiger partial charge in [0.25, 0.3) is 0 Å². The second kappa shape index (κ2) is 7.20. The molecule has 2 heteroatoms. The second-order valence-corrected chi connectivity index (χ2v) is 3.95. The molecule has 0 amide bonds. The normalized spacial score (nSPS) is 15.2. The summed E-state index contributed by atoms with van der Waals surface area (Å²) in [7, 11) is 1.74. The number of rotatable bonds is 6. The molecule has 16 heavy (non-hydrogen) atoms. The fourth-order valence-corrected chi connectivity index (χ4v) is 1.38. The van der Waals surface area contributed by atoms with E-state index in [1.807, 2.05) is 18.2 Å². The van der Waals surface area contributed by atoms with E-state index >= 15 is 0 Å². The van der Waals surface area contributed by atoms with Gasteiger partial charge in [-0.15, -0.1) is 0 Å². The Morgan fingerprint density at radius 3 is 2.56 bits per heavy atom. The van der Waals surface area contributed by atoms with Gasteiger partial charge in [-0.05, 0) is 19.4 Å². The van der Waals surface area contributed by atoms with E-state index in [-0.39, 0.29) is 6.10 Å². The standard InChI is InChI=1S/C14H21NO/c1-12(13(2)16-3)15-11-7-10-14-8-5-4-6-9-14/h4-10,12-13,15H,11H2,1-3H3/b10-7+. The van der Waals surface area contributed by atoms with E-state index in [0.29, 0.717) is 6.04 Å². The van der Waals surface area contributed by atoms with Gasteiger partial charge in [0.2, 0.25) is 0 Å². The molecule has 0 spiro atoms. The summed E-state index contributed by atoms with van der Waals surface area (Å²) in [6.45, 7) is 5.06. The molecule has 1 rings (SSSR count).